The molecule has 0 aliphatic carbocycles. The molecule has 0 aromatic rings. The predicted molar refractivity (Wildman–Crippen MR) is 74.6 cm³/mol. The van der Waals surface area contributed by atoms with E-state index in [0.29, 0.717) is 0 Å². The number of nitrogens with one attached hydrogen (secondary N) is 2. The molecule has 0 aliphatic rings. The van der Waals surface area contributed by atoms with Crippen LogP contribution in [-0.4, -0.2) is 23.9 Å². The lowest BCUT2D eigenvalue weighted by molar-refractivity contribution is -0.111. The van der Waals surface area contributed by atoms with Crippen molar-refractivity contribution in [1.29, 1.82) is 0 Å². The van der Waals surface area contributed by atoms with Gasteiger partial charge in [0.15, 0.2) is 0 Å². The molecule has 0 saturated carbocycles. The minimum absolute atomic E-state index is 0.228. The van der Waals surface area contributed by atoms with Gasteiger partial charge in [-0.05, 0) is 32.1 Å². The van der Waals surface area contributed by atoms with Crippen molar-refractivity contribution in [3.8, 4) is 0 Å². The van der Waals surface area contributed by atoms with Crippen LogP contribution in [0, 0.1) is 5.41 Å². The number of aldehydes is 1. The van der Waals surface area contributed by atoms with Crippen molar-refractivity contribution in [3.05, 3.63) is 0 Å². The number of urea groups is 1. The lowest BCUT2D eigenvalue weighted by Crippen LogP contribution is -2.54. The second-order valence-electron chi connectivity index (χ2n) is 6.19. The van der Waals surface area contributed by atoms with E-state index in [-0.39, 0.29) is 17.0 Å². The summed E-state index contributed by atoms with van der Waals surface area (Å²) in [6, 6.07) is -0.730. The molecule has 4 heteroatoms. The molecule has 0 aromatic heterocycles. The van der Waals surface area contributed by atoms with E-state index in [1.807, 2.05) is 34.6 Å². The third kappa shape index (κ3) is 5.52. The molecule has 0 bridgehead atoms. The highest BCUT2D eigenvalue weighted by molar-refractivity contribution is 5.79. The van der Waals surface area contributed by atoms with Gasteiger partial charge in [-0.3, -0.25) is 0 Å². The molecule has 0 saturated heterocycles. The third-order valence-electron chi connectivity index (χ3n) is 3.50. The molecular formula is C14H28N2O2. The number of hydrogen-bond acceptors (Lipinski definition) is 2. The predicted octanol–water partition coefficient (Wildman–Crippen LogP) is 2.87. The maximum absolute atomic E-state index is 11.9. The molecule has 4 nitrogen and oxygen atoms in total. The summed E-state index contributed by atoms with van der Waals surface area (Å²) in [6.07, 6.45) is 3.55. The Bertz CT molecular complexity index is 286. The molecule has 2 amide bonds. The molecule has 1 unspecified atom stereocenters. The second kappa shape index (κ2) is 6.76. The Morgan fingerprint density at radius 3 is 2.17 bits per heavy atom. The van der Waals surface area contributed by atoms with Gasteiger partial charge in [-0.1, -0.05) is 34.1 Å². The number of rotatable bonds is 7. The summed E-state index contributed by atoms with van der Waals surface area (Å²) in [6.45, 7) is 12.0. The Morgan fingerprint density at radius 1 is 1.22 bits per heavy atom. The van der Waals surface area contributed by atoms with Crippen molar-refractivity contribution < 1.29 is 9.59 Å². The Morgan fingerprint density at radius 2 is 1.78 bits per heavy atom. The summed E-state index contributed by atoms with van der Waals surface area (Å²) in [4.78, 5) is 23.0. The van der Waals surface area contributed by atoms with E-state index in [0.717, 1.165) is 25.5 Å². The zero-order valence-corrected chi connectivity index (χ0v) is 12.6. The van der Waals surface area contributed by atoms with Gasteiger partial charge >= 0.3 is 6.03 Å². The highest BCUT2D eigenvalue weighted by Crippen LogP contribution is 2.23. The molecular weight excluding hydrogens is 228 g/mol. The van der Waals surface area contributed by atoms with Gasteiger partial charge in [-0.2, -0.15) is 0 Å². The maximum atomic E-state index is 11.9. The molecule has 0 aliphatic heterocycles. The number of hydrogen-bond donors (Lipinski definition) is 2. The average molecular weight is 256 g/mol. The zero-order valence-electron chi connectivity index (χ0n) is 12.6. The topological polar surface area (TPSA) is 58.2 Å². The van der Waals surface area contributed by atoms with Crippen LogP contribution in [0.25, 0.3) is 0 Å². The van der Waals surface area contributed by atoms with Gasteiger partial charge in [0.2, 0.25) is 0 Å². The molecule has 0 aromatic carbocycles. The van der Waals surface area contributed by atoms with Crippen LogP contribution >= 0.6 is 0 Å². The highest BCUT2D eigenvalue weighted by atomic mass is 16.2. The Labute approximate surface area is 111 Å². The van der Waals surface area contributed by atoms with Crippen LogP contribution in [-0.2, 0) is 4.79 Å². The fourth-order valence-corrected chi connectivity index (χ4v) is 1.81. The van der Waals surface area contributed by atoms with Crippen LogP contribution in [0.5, 0.6) is 0 Å². The zero-order chi connectivity index (χ0) is 14.4. The second-order valence-corrected chi connectivity index (χ2v) is 6.19. The van der Waals surface area contributed by atoms with Crippen LogP contribution in [0.3, 0.4) is 0 Å². The van der Waals surface area contributed by atoms with Gasteiger partial charge in [-0.25, -0.2) is 4.79 Å². The summed E-state index contributed by atoms with van der Waals surface area (Å²) in [7, 11) is 0. The van der Waals surface area contributed by atoms with E-state index in [9.17, 15) is 9.59 Å². The van der Waals surface area contributed by atoms with E-state index >= 15 is 0 Å². The van der Waals surface area contributed by atoms with Gasteiger partial charge < -0.3 is 15.4 Å². The molecule has 0 fully saturated rings. The molecule has 2 N–H and O–H groups in total. The molecule has 106 valence electrons. The average Bonchev–Trinajstić information content (AvgIpc) is 2.24. The molecule has 18 heavy (non-hydrogen) atoms. The van der Waals surface area contributed by atoms with Gasteiger partial charge in [0.05, 0.1) is 6.04 Å². The minimum atomic E-state index is -0.458. The fourth-order valence-electron chi connectivity index (χ4n) is 1.81. The monoisotopic (exact) mass is 256 g/mol. The van der Waals surface area contributed by atoms with E-state index in [4.69, 9.17) is 0 Å². The molecule has 0 rings (SSSR count). The first-order chi connectivity index (χ1) is 8.18. The number of amides is 2. The first-order valence-corrected chi connectivity index (χ1v) is 6.72. The summed E-state index contributed by atoms with van der Waals surface area (Å²) >= 11 is 0. The van der Waals surface area contributed by atoms with Crippen LogP contribution in [0.15, 0.2) is 0 Å². The molecule has 0 spiro atoms. The first-order valence-electron chi connectivity index (χ1n) is 6.72. The van der Waals surface area contributed by atoms with Crippen molar-refractivity contribution in [3.63, 3.8) is 0 Å². The van der Waals surface area contributed by atoms with Crippen molar-refractivity contribution in [2.24, 2.45) is 5.41 Å². The quantitative estimate of drug-likeness (QED) is 0.688. The van der Waals surface area contributed by atoms with Crippen LogP contribution in [0.4, 0.5) is 4.79 Å². The first kappa shape index (κ1) is 16.9. The van der Waals surface area contributed by atoms with Crippen molar-refractivity contribution in [1.82, 2.24) is 10.6 Å². The largest absolute Gasteiger partial charge is 0.333 e. The van der Waals surface area contributed by atoms with Crippen molar-refractivity contribution in [2.45, 2.75) is 72.4 Å². The Kier molecular flexibility index (Phi) is 6.36. The highest BCUT2D eigenvalue weighted by Gasteiger charge is 2.30. The lowest BCUT2D eigenvalue weighted by Gasteiger charge is -2.32. The van der Waals surface area contributed by atoms with Gasteiger partial charge in [-0.15, -0.1) is 0 Å². The fraction of sp³-hybridized carbons (Fsp3) is 0.857. The number of carbonyl (C=O) groups excluding carboxylic acids is 2. The van der Waals surface area contributed by atoms with Crippen LogP contribution in [0.2, 0.25) is 0 Å². The molecule has 1 atom stereocenters. The van der Waals surface area contributed by atoms with Crippen LogP contribution in [0.1, 0.15) is 60.8 Å². The van der Waals surface area contributed by atoms with E-state index < -0.39 is 6.04 Å². The Balaban J connectivity index is 4.51. The lowest BCUT2D eigenvalue weighted by atomic mass is 9.82. The summed E-state index contributed by atoms with van der Waals surface area (Å²) < 4.78 is 0. The van der Waals surface area contributed by atoms with Crippen LogP contribution < -0.4 is 10.6 Å². The van der Waals surface area contributed by atoms with E-state index in [1.54, 1.807) is 0 Å². The third-order valence-corrected chi connectivity index (χ3v) is 3.50. The normalized spacial score (nSPS) is 13.9. The summed E-state index contributed by atoms with van der Waals surface area (Å²) in [5.41, 5.74) is -0.476. The van der Waals surface area contributed by atoms with Gasteiger partial charge in [0.25, 0.3) is 0 Å². The summed E-state index contributed by atoms with van der Waals surface area (Å²) in [5.74, 6) is 0. The van der Waals surface area contributed by atoms with Crippen molar-refractivity contribution in [2.75, 3.05) is 0 Å². The molecule has 0 radical (unpaired) electrons. The number of carbonyl (C=O) groups is 2. The van der Waals surface area contributed by atoms with Gasteiger partial charge in [0, 0.05) is 5.54 Å². The SMILES string of the molecule is CCCC(C)(C)NC(=O)NC(C=O)C(C)(C)CC. The smallest absolute Gasteiger partial charge is 0.315 e. The summed E-state index contributed by atoms with van der Waals surface area (Å²) in [5, 5.41) is 5.66. The van der Waals surface area contributed by atoms with E-state index in [2.05, 4.69) is 17.6 Å². The molecule has 0 heterocycles. The Hall–Kier alpha value is -1.06. The van der Waals surface area contributed by atoms with E-state index in [1.165, 1.54) is 0 Å². The maximum Gasteiger partial charge on any atom is 0.315 e. The van der Waals surface area contributed by atoms with Crippen molar-refractivity contribution >= 4 is 12.3 Å². The minimum Gasteiger partial charge on any atom is -0.333 e. The standard InChI is InChI=1S/C14H28N2O2/c1-7-9-14(5,6)16-12(18)15-11(10-17)13(3,4)8-2/h10-11H,7-9H2,1-6H3,(H2,15,16,18). The van der Waals surface area contributed by atoms with Gasteiger partial charge in [0.1, 0.15) is 6.29 Å².